The second-order valence-electron chi connectivity index (χ2n) is 4.27. The maximum atomic E-state index is 10.2. The first-order chi connectivity index (χ1) is 9.27. The fourth-order valence-corrected chi connectivity index (χ4v) is 4.08. The molecule has 4 nitrogen and oxygen atoms in total. The summed E-state index contributed by atoms with van der Waals surface area (Å²) in [5, 5.41) is 8.63. The monoisotopic (exact) mass is 329 g/mol. The Morgan fingerprint density at radius 2 is 1.37 bits per heavy atom. The van der Waals surface area contributed by atoms with E-state index in [2.05, 4.69) is 4.52 Å². The van der Waals surface area contributed by atoms with Crippen LogP contribution in [0.1, 0.15) is 51.4 Å². The smallest absolute Gasteiger partial charge is 0.396 e. The number of aliphatic hydroxyl groups excluding tert-OH is 1. The fourth-order valence-electron chi connectivity index (χ4n) is 1.50. The number of hydrogen-bond acceptors (Lipinski definition) is 5. The summed E-state index contributed by atoms with van der Waals surface area (Å²) in [7, 11) is 1.46. The standard InChI is InChI=1S/C12H25O4PS2/c13-9-5-1-3-7-11-18-19-12-8-4-2-6-10-16-17(14)15/h13H,1-12H2/p+1. The Bertz CT molecular complexity index is 208. The van der Waals surface area contributed by atoms with E-state index in [4.69, 9.17) is 10.00 Å². The van der Waals surface area contributed by atoms with Crippen LogP contribution in [-0.4, -0.2) is 34.7 Å². The van der Waals surface area contributed by atoms with Crippen LogP contribution in [-0.2, 0) is 9.09 Å². The van der Waals surface area contributed by atoms with Gasteiger partial charge in [0.2, 0.25) is 0 Å². The molecule has 0 heterocycles. The maximum absolute atomic E-state index is 10.2. The Kier molecular flexibility index (Phi) is 17.3. The lowest BCUT2D eigenvalue weighted by Gasteiger charge is -2.01. The third-order valence-corrected chi connectivity index (χ3v) is 5.52. The van der Waals surface area contributed by atoms with E-state index < -0.39 is 8.25 Å². The van der Waals surface area contributed by atoms with E-state index in [1.807, 2.05) is 21.6 Å². The predicted octanol–water partition coefficient (Wildman–Crippen LogP) is 4.15. The van der Waals surface area contributed by atoms with Crippen LogP contribution in [0.15, 0.2) is 0 Å². The second-order valence-corrected chi connectivity index (χ2v) is 7.70. The summed E-state index contributed by atoms with van der Waals surface area (Å²) in [6.07, 6.45) is 8.84. The van der Waals surface area contributed by atoms with Crippen LogP contribution >= 0.6 is 29.8 Å². The van der Waals surface area contributed by atoms with Crippen LogP contribution in [0.3, 0.4) is 0 Å². The van der Waals surface area contributed by atoms with Gasteiger partial charge in [-0.15, -0.1) is 9.42 Å². The Morgan fingerprint density at radius 3 is 1.89 bits per heavy atom. The van der Waals surface area contributed by atoms with Crippen molar-refractivity contribution in [1.82, 2.24) is 0 Å². The van der Waals surface area contributed by atoms with Gasteiger partial charge in [-0.1, -0.05) is 47.3 Å². The van der Waals surface area contributed by atoms with Crippen LogP contribution < -0.4 is 0 Å². The summed E-state index contributed by atoms with van der Waals surface area (Å²) in [5.41, 5.74) is 0. The van der Waals surface area contributed by atoms with E-state index in [9.17, 15) is 4.57 Å². The summed E-state index contributed by atoms with van der Waals surface area (Å²) < 4.78 is 14.8. The van der Waals surface area contributed by atoms with Gasteiger partial charge in [0.25, 0.3) is 0 Å². The average Bonchev–Trinajstić information content (AvgIpc) is 2.39. The lowest BCUT2D eigenvalue weighted by molar-refractivity contribution is 0.274. The molecule has 7 heteroatoms. The highest BCUT2D eigenvalue weighted by atomic mass is 33.1. The Morgan fingerprint density at radius 1 is 0.842 bits per heavy atom. The minimum Gasteiger partial charge on any atom is -0.396 e. The van der Waals surface area contributed by atoms with Crippen molar-refractivity contribution in [3.05, 3.63) is 0 Å². The van der Waals surface area contributed by atoms with E-state index >= 15 is 0 Å². The zero-order chi connectivity index (χ0) is 14.2. The third kappa shape index (κ3) is 18.7. The van der Waals surface area contributed by atoms with Crippen molar-refractivity contribution in [3.8, 4) is 0 Å². The quantitative estimate of drug-likeness (QED) is 0.267. The molecule has 0 saturated carbocycles. The minimum atomic E-state index is -2.41. The van der Waals surface area contributed by atoms with Gasteiger partial charge in [-0.3, -0.25) is 0 Å². The zero-order valence-corrected chi connectivity index (χ0v) is 14.0. The highest BCUT2D eigenvalue weighted by molar-refractivity contribution is 8.76. The lowest BCUT2D eigenvalue weighted by atomic mass is 10.2. The summed E-state index contributed by atoms with van der Waals surface area (Å²) in [4.78, 5) is 8.41. The molecule has 0 aliphatic carbocycles. The van der Waals surface area contributed by atoms with Crippen molar-refractivity contribution in [2.75, 3.05) is 24.7 Å². The molecule has 0 saturated heterocycles. The van der Waals surface area contributed by atoms with Gasteiger partial charge in [-0.25, -0.2) is 0 Å². The number of hydrogen-bond donors (Lipinski definition) is 2. The van der Waals surface area contributed by atoms with Crippen LogP contribution in [0.4, 0.5) is 0 Å². The molecule has 1 atom stereocenters. The van der Waals surface area contributed by atoms with Gasteiger partial charge in [0.1, 0.15) is 6.61 Å². The second kappa shape index (κ2) is 16.7. The molecule has 0 aromatic carbocycles. The van der Waals surface area contributed by atoms with E-state index in [1.165, 1.54) is 30.8 Å². The molecule has 2 N–H and O–H groups in total. The lowest BCUT2D eigenvalue weighted by Crippen LogP contribution is -1.88. The van der Waals surface area contributed by atoms with Gasteiger partial charge in [0.05, 0.1) is 0 Å². The predicted molar refractivity (Wildman–Crippen MR) is 84.7 cm³/mol. The van der Waals surface area contributed by atoms with Crippen molar-refractivity contribution < 1.29 is 19.1 Å². The van der Waals surface area contributed by atoms with E-state index in [0.717, 1.165) is 32.1 Å². The SMILES string of the molecule is O=[P+](O)OCCCCCCSSCCCCCCO. The van der Waals surface area contributed by atoms with Gasteiger partial charge in [-0.2, -0.15) is 0 Å². The van der Waals surface area contributed by atoms with Crippen molar-refractivity contribution in [1.29, 1.82) is 0 Å². The van der Waals surface area contributed by atoms with Crippen molar-refractivity contribution in [2.24, 2.45) is 0 Å². The van der Waals surface area contributed by atoms with Crippen LogP contribution in [0.25, 0.3) is 0 Å². The molecule has 0 aliphatic rings. The fraction of sp³-hybridized carbons (Fsp3) is 1.00. The van der Waals surface area contributed by atoms with E-state index in [0.29, 0.717) is 13.2 Å². The molecule has 0 fully saturated rings. The van der Waals surface area contributed by atoms with Gasteiger partial charge in [0.15, 0.2) is 0 Å². The maximum Gasteiger partial charge on any atom is 0.694 e. The van der Waals surface area contributed by atoms with Crippen molar-refractivity contribution in [2.45, 2.75) is 51.4 Å². The van der Waals surface area contributed by atoms with E-state index in [-0.39, 0.29) is 0 Å². The van der Waals surface area contributed by atoms with Crippen LogP contribution in [0, 0.1) is 0 Å². The van der Waals surface area contributed by atoms with Gasteiger partial charge in [0, 0.05) is 22.7 Å². The van der Waals surface area contributed by atoms with Crippen LogP contribution in [0.5, 0.6) is 0 Å². The molecule has 0 aromatic rings. The first-order valence-corrected chi connectivity index (χ1v) is 10.5. The summed E-state index contributed by atoms with van der Waals surface area (Å²) >= 11 is 0. The topological polar surface area (TPSA) is 66.8 Å². The summed E-state index contributed by atoms with van der Waals surface area (Å²) in [6.45, 7) is 0.711. The highest BCUT2D eigenvalue weighted by Crippen LogP contribution is 2.24. The zero-order valence-electron chi connectivity index (χ0n) is 11.5. The Labute approximate surface area is 125 Å². The first-order valence-electron chi connectivity index (χ1n) is 6.91. The normalized spacial score (nSPS) is 11.8. The summed E-state index contributed by atoms with van der Waals surface area (Å²) in [5.74, 6) is 2.38. The average molecular weight is 329 g/mol. The molecular weight excluding hydrogens is 303 g/mol. The molecule has 0 aliphatic heterocycles. The highest BCUT2D eigenvalue weighted by Gasteiger charge is 2.09. The van der Waals surface area contributed by atoms with Crippen LogP contribution in [0.2, 0.25) is 0 Å². The van der Waals surface area contributed by atoms with Gasteiger partial charge < -0.3 is 5.11 Å². The number of aliphatic hydroxyl groups is 1. The first kappa shape index (κ1) is 19.7. The molecule has 0 bridgehead atoms. The van der Waals surface area contributed by atoms with Crippen molar-refractivity contribution in [3.63, 3.8) is 0 Å². The van der Waals surface area contributed by atoms with Crippen molar-refractivity contribution >= 4 is 29.8 Å². The molecule has 1 unspecified atom stereocenters. The van der Waals surface area contributed by atoms with Gasteiger partial charge >= 0.3 is 8.25 Å². The molecular formula is C12H26O4PS2+. The molecule has 0 rings (SSSR count). The molecule has 0 radical (unpaired) electrons. The molecule has 114 valence electrons. The summed E-state index contributed by atoms with van der Waals surface area (Å²) in [6, 6.07) is 0. The van der Waals surface area contributed by atoms with Gasteiger partial charge in [-0.05, 0) is 25.7 Å². The largest absolute Gasteiger partial charge is 0.694 e. The Hall–Kier alpha value is 0.680. The Balaban J connectivity index is 2.93. The van der Waals surface area contributed by atoms with E-state index in [1.54, 1.807) is 0 Å². The molecule has 0 amide bonds. The molecule has 19 heavy (non-hydrogen) atoms. The third-order valence-electron chi connectivity index (χ3n) is 2.54. The molecule has 0 aromatic heterocycles. The minimum absolute atomic E-state index is 0.321. The molecule has 0 spiro atoms. The number of rotatable bonds is 15. The number of unbranched alkanes of at least 4 members (excludes halogenated alkanes) is 6.